The van der Waals surface area contributed by atoms with E-state index in [1.165, 1.54) is 0 Å². The molecule has 0 spiro atoms. The van der Waals surface area contributed by atoms with Crippen molar-refractivity contribution < 1.29 is 13.3 Å². The highest BCUT2D eigenvalue weighted by molar-refractivity contribution is 6.11. The van der Waals surface area contributed by atoms with Crippen molar-refractivity contribution in [3.8, 4) is 44.5 Å². The van der Waals surface area contributed by atoms with E-state index >= 15 is 0 Å². The predicted octanol–water partition coefficient (Wildman–Crippen LogP) is 14.0. The molecule has 0 saturated heterocycles. The van der Waals surface area contributed by atoms with E-state index in [1.807, 2.05) is 36.4 Å². The van der Waals surface area contributed by atoms with Gasteiger partial charge in [0.15, 0.2) is 0 Å². The van der Waals surface area contributed by atoms with Crippen molar-refractivity contribution in [2.45, 2.75) is 0 Å². The van der Waals surface area contributed by atoms with Crippen LogP contribution in [0, 0.1) is 0 Å². The van der Waals surface area contributed by atoms with Gasteiger partial charge in [0.05, 0.1) is 11.0 Å². The summed E-state index contributed by atoms with van der Waals surface area (Å²) >= 11 is 0. The average Bonchev–Trinajstić information content (AvgIpc) is 3.93. The van der Waals surface area contributed by atoms with Crippen molar-refractivity contribution >= 4 is 77.1 Å². The fourth-order valence-electron chi connectivity index (χ4n) is 8.23. The van der Waals surface area contributed by atoms with E-state index in [0.29, 0.717) is 5.71 Å². The molecule has 0 fully saturated rings. The number of para-hydroxylation sites is 4. The lowest BCUT2D eigenvalue weighted by Crippen LogP contribution is -1.87. The summed E-state index contributed by atoms with van der Waals surface area (Å²) in [6.45, 7) is 0. The number of aromatic nitrogens is 2. The third-order valence-corrected chi connectivity index (χ3v) is 10.9. The summed E-state index contributed by atoms with van der Waals surface area (Å²) in [4.78, 5) is 10.1. The Hall–Kier alpha value is -7.50. The molecule has 0 aliphatic heterocycles. The van der Waals surface area contributed by atoms with Crippen LogP contribution in [-0.2, 0) is 0 Å². The second-order valence-corrected chi connectivity index (χ2v) is 14.1. The summed E-state index contributed by atoms with van der Waals surface area (Å²) in [6, 6.07) is 58.8. The Morgan fingerprint density at radius 3 is 1.47 bits per heavy atom. The molecule has 5 nitrogen and oxygen atoms in total. The number of rotatable bonds is 4. The minimum Gasteiger partial charge on any atom is -0.455 e. The van der Waals surface area contributed by atoms with Gasteiger partial charge in [0.25, 0.3) is 0 Å². The first-order chi connectivity index (χ1) is 27.2. The number of furan rings is 3. The zero-order chi connectivity index (χ0) is 36.0. The molecular formula is C50H28N2O3. The molecule has 0 radical (unpaired) electrons. The summed E-state index contributed by atoms with van der Waals surface area (Å²) in [7, 11) is 0. The average molecular weight is 705 g/mol. The minimum absolute atomic E-state index is 0.527. The van der Waals surface area contributed by atoms with Gasteiger partial charge in [-0.05, 0) is 81.9 Å². The first kappa shape index (κ1) is 30.0. The smallest absolute Gasteiger partial charge is 0.246 e. The van der Waals surface area contributed by atoms with Gasteiger partial charge in [-0.2, -0.15) is 0 Å². The van der Waals surface area contributed by atoms with E-state index in [1.54, 1.807) is 0 Å². The van der Waals surface area contributed by atoms with Crippen molar-refractivity contribution in [1.29, 1.82) is 0 Å². The molecule has 4 heterocycles. The van der Waals surface area contributed by atoms with Crippen molar-refractivity contribution in [3.05, 3.63) is 170 Å². The van der Waals surface area contributed by atoms with Gasteiger partial charge < -0.3 is 13.3 Å². The Labute approximate surface area is 313 Å². The second-order valence-electron chi connectivity index (χ2n) is 14.1. The van der Waals surface area contributed by atoms with Crippen molar-refractivity contribution in [3.63, 3.8) is 0 Å². The molecule has 0 atom stereocenters. The SMILES string of the molecule is c1cc(-c2ccc3nc4oc5ccc(-c6cccc(-c7cccc8c7oc7ccccc78)c6)cc5c4nc3c2)cc(-c2cccc3c2oc2ccccc23)c1. The molecule has 0 aliphatic rings. The maximum atomic E-state index is 6.37. The van der Waals surface area contributed by atoms with Crippen LogP contribution >= 0.6 is 0 Å². The maximum Gasteiger partial charge on any atom is 0.246 e. The highest BCUT2D eigenvalue weighted by Crippen LogP contribution is 2.40. The molecule has 55 heavy (non-hydrogen) atoms. The van der Waals surface area contributed by atoms with E-state index in [-0.39, 0.29) is 0 Å². The largest absolute Gasteiger partial charge is 0.455 e. The van der Waals surface area contributed by atoms with Crippen molar-refractivity contribution in [2.24, 2.45) is 0 Å². The van der Waals surface area contributed by atoms with E-state index in [9.17, 15) is 0 Å². The standard InChI is InChI=1S/C50H28N2O3/c1-3-19-44-37(13-1)39-17-7-15-35(48(39)53-44)33-11-5-9-29(25-33)31-22-24-46-41(27-31)47-50(55-46)52-42-23-21-32(28-43(42)51-47)30-10-6-12-34(26-30)36-16-8-18-40-38-14-2-4-20-45(38)54-49(36)40/h1-28H. The van der Waals surface area contributed by atoms with Gasteiger partial charge in [-0.15, -0.1) is 0 Å². The molecule has 0 N–H and O–H groups in total. The molecule has 12 rings (SSSR count). The Kier molecular flexibility index (Phi) is 6.27. The Morgan fingerprint density at radius 1 is 0.309 bits per heavy atom. The number of hydrogen-bond acceptors (Lipinski definition) is 5. The van der Waals surface area contributed by atoms with Crippen LogP contribution in [-0.4, -0.2) is 9.97 Å². The first-order valence-corrected chi connectivity index (χ1v) is 18.4. The number of fused-ring (bicyclic) bond motifs is 10. The van der Waals surface area contributed by atoms with Gasteiger partial charge in [0, 0.05) is 38.1 Å². The molecule has 256 valence electrons. The van der Waals surface area contributed by atoms with Gasteiger partial charge in [-0.3, -0.25) is 0 Å². The van der Waals surface area contributed by atoms with Crippen LogP contribution in [0.25, 0.3) is 122 Å². The van der Waals surface area contributed by atoms with E-state index in [4.69, 9.17) is 23.2 Å². The van der Waals surface area contributed by atoms with Crippen LogP contribution in [0.3, 0.4) is 0 Å². The maximum absolute atomic E-state index is 6.37. The van der Waals surface area contributed by atoms with Crippen LogP contribution in [0.4, 0.5) is 0 Å². The summed E-state index contributed by atoms with van der Waals surface area (Å²) in [5, 5.41) is 5.41. The van der Waals surface area contributed by atoms with Crippen LogP contribution < -0.4 is 0 Å². The molecule has 5 heteroatoms. The molecule has 8 aromatic carbocycles. The van der Waals surface area contributed by atoms with Gasteiger partial charge in [0.2, 0.25) is 5.71 Å². The van der Waals surface area contributed by atoms with Gasteiger partial charge in [-0.25, -0.2) is 9.97 Å². The summed E-state index contributed by atoms with van der Waals surface area (Å²) in [6.07, 6.45) is 0. The van der Waals surface area contributed by atoms with Crippen LogP contribution in [0.1, 0.15) is 0 Å². The summed E-state index contributed by atoms with van der Waals surface area (Å²) in [5.74, 6) is 0. The predicted molar refractivity (Wildman–Crippen MR) is 223 cm³/mol. The van der Waals surface area contributed by atoms with E-state index in [2.05, 4.69) is 133 Å². The fraction of sp³-hybridized carbons (Fsp3) is 0. The highest BCUT2D eigenvalue weighted by atomic mass is 16.3. The lowest BCUT2D eigenvalue weighted by Gasteiger charge is -2.08. The number of benzene rings is 8. The van der Waals surface area contributed by atoms with Gasteiger partial charge in [0.1, 0.15) is 33.4 Å². The molecule has 0 unspecified atom stereocenters. The quantitative estimate of drug-likeness (QED) is 0.182. The minimum atomic E-state index is 0.527. The lowest BCUT2D eigenvalue weighted by atomic mass is 9.97. The lowest BCUT2D eigenvalue weighted by molar-refractivity contribution is 0.655. The summed E-state index contributed by atoms with van der Waals surface area (Å²) in [5.41, 5.74) is 15.8. The molecule has 0 saturated carbocycles. The molecular weight excluding hydrogens is 677 g/mol. The van der Waals surface area contributed by atoms with Crippen molar-refractivity contribution in [2.75, 3.05) is 0 Å². The Morgan fingerprint density at radius 2 is 0.818 bits per heavy atom. The second kappa shape index (κ2) is 11.5. The first-order valence-electron chi connectivity index (χ1n) is 18.4. The highest BCUT2D eigenvalue weighted by Gasteiger charge is 2.17. The normalized spacial score (nSPS) is 12.0. The number of nitrogens with zero attached hydrogens (tertiary/aromatic N) is 2. The Balaban J connectivity index is 0.934. The zero-order valence-electron chi connectivity index (χ0n) is 29.3. The van der Waals surface area contributed by atoms with E-state index in [0.717, 1.165) is 116 Å². The summed E-state index contributed by atoms with van der Waals surface area (Å²) < 4.78 is 19.0. The van der Waals surface area contributed by atoms with Crippen LogP contribution in [0.2, 0.25) is 0 Å². The van der Waals surface area contributed by atoms with Crippen LogP contribution in [0.5, 0.6) is 0 Å². The topological polar surface area (TPSA) is 65.2 Å². The number of hydrogen-bond donors (Lipinski definition) is 0. The third kappa shape index (κ3) is 4.66. The van der Waals surface area contributed by atoms with E-state index < -0.39 is 0 Å². The molecule has 0 amide bonds. The molecule has 0 aliphatic carbocycles. The zero-order valence-corrected chi connectivity index (χ0v) is 29.3. The fourth-order valence-corrected chi connectivity index (χ4v) is 8.23. The van der Waals surface area contributed by atoms with Crippen molar-refractivity contribution in [1.82, 2.24) is 9.97 Å². The molecule has 12 aromatic rings. The molecule has 4 aromatic heterocycles. The third-order valence-electron chi connectivity index (χ3n) is 10.9. The Bertz CT molecular complexity index is 3510. The van der Waals surface area contributed by atoms with Gasteiger partial charge in [-0.1, -0.05) is 121 Å². The molecule has 0 bridgehead atoms. The van der Waals surface area contributed by atoms with Crippen LogP contribution in [0.15, 0.2) is 183 Å². The van der Waals surface area contributed by atoms with Gasteiger partial charge >= 0.3 is 0 Å². The monoisotopic (exact) mass is 704 g/mol.